The average molecular weight is 392 g/mol. The maximum absolute atomic E-state index is 12.3. The van der Waals surface area contributed by atoms with Crippen LogP contribution in [0.2, 0.25) is 10.0 Å². The lowest BCUT2D eigenvalue weighted by molar-refractivity contribution is 0.236. The van der Waals surface area contributed by atoms with Gasteiger partial charge in [-0.15, -0.1) is 0 Å². The first-order valence-corrected chi connectivity index (χ1v) is 9.43. The van der Waals surface area contributed by atoms with E-state index in [9.17, 15) is 4.79 Å². The summed E-state index contributed by atoms with van der Waals surface area (Å²) < 4.78 is 0. The van der Waals surface area contributed by atoms with Gasteiger partial charge >= 0.3 is 6.03 Å². The van der Waals surface area contributed by atoms with E-state index < -0.39 is 0 Å². The lowest BCUT2D eigenvalue weighted by atomic mass is 10.1. The second kappa shape index (κ2) is 8.30. The molecule has 0 aromatic heterocycles. The maximum Gasteiger partial charge on any atom is 0.315 e. The molecule has 2 aromatic rings. The molecule has 0 fully saturated rings. The van der Waals surface area contributed by atoms with Crippen LogP contribution in [-0.4, -0.2) is 25.0 Å². The van der Waals surface area contributed by atoms with Gasteiger partial charge in [-0.05, 0) is 55.3 Å². The number of benzene rings is 2. The van der Waals surface area contributed by atoms with Gasteiger partial charge in [-0.25, -0.2) is 4.79 Å². The molecule has 0 heterocycles. The van der Waals surface area contributed by atoms with Crippen LogP contribution in [-0.2, 0) is 19.5 Å². The molecule has 4 nitrogen and oxygen atoms in total. The van der Waals surface area contributed by atoms with Crippen LogP contribution in [0.3, 0.4) is 0 Å². The van der Waals surface area contributed by atoms with Crippen molar-refractivity contribution in [2.75, 3.05) is 14.1 Å². The van der Waals surface area contributed by atoms with Gasteiger partial charge in [0.1, 0.15) is 0 Å². The second-order valence-electron chi connectivity index (χ2n) is 6.91. The summed E-state index contributed by atoms with van der Waals surface area (Å²) in [6, 6.07) is 11.8. The Hall–Kier alpha value is -1.75. The van der Waals surface area contributed by atoms with Crippen LogP contribution in [0.25, 0.3) is 0 Å². The number of hydrogen-bond donors (Lipinski definition) is 2. The Bertz CT molecular complexity index is 808. The molecule has 2 N–H and O–H groups in total. The molecule has 2 amide bonds. The SMILES string of the molecule is CN(C)Cc1cccc(CNC(=O)NC2CCc3c2ccc(Cl)c3Cl)c1. The largest absolute Gasteiger partial charge is 0.334 e. The predicted octanol–water partition coefficient (Wildman–Crippen LogP) is 4.54. The zero-order valence-electron chi connectivity index (χ0n) is 15.0. The van der Waals surface area contributed by atoms with Gasteiger partial charge < -0.3 is 15.5 Å². The summed E-state index contributed by atoms with van der Waals surface area (Å²) in [7, 11) is 4.08. The summed E-state index contributed by atoms with van der Waals surface area (Å²) in [6.07, 6.45) is 1.66. The summed E-state index contributed by atoms with van der Waals surface area (Å²) in [6.45, 7) is 1.37. The summed E-state index contributed by atoms with van der Waals surface area (Å²) in [5.41, 5.74) is 4.41. The molecule has 1 atom stereocenters. The Labute approximate surface area is 164 Å². The van der Waals surface area contributed by atoms with Crippen LogP contribution in [0.1, 0.15) is 34.7 Å². The van der Waals surface area contributed by atoms with Crippen molar-refractivity contribution in [3.05, 3.63) is 68.7 Å². The van der Waals surface area contributed by atoms with Crippen molar-refractivity contribution in [1.29, 1.82) is 0 Å². The first-order valence-electron chi connectivity index (χ1n) is 8.67. The highest BCUT2D eigenvalue weighted by Crippen LogP contribution is 2.38. The molecule has 0 saturated carbocycles. The van der Waals surface area contributed by atoms with Crippen LogP contribution < -0.4 is 10.6 Å². The number of rotatable bonds is 5. The van der Waals surface area contributed by atoms with E-state index >= 15 is 0 Å². The van der Waals surface area contributed by atoms with Crippen molar-refractivity contribution in [1.82, 2.24) is 15.5 Å². The molecule has 0 radical (unpaired) electrons. The molecule has 0 spiro atoms. The van der Waals surface area contributed by atoms with Gasteiger partial charge in [-0.3, -0.25) is 0 Å². The Morgan fingerprint density at radius 3 is 2.73 bits per heavy atom. The molecule has 0 saturated heterocycles. The first-order chi connectivity index (χ1) is 12.4. The quantitative estimate of drug-likeness (QED) is 0.785. The third-order valence-electron chi connectivity index (χ3n) is 4.54. The molecule has 1 unspecified atom stereocenters. The highest BCUT2D eigenvalue weighted by Gasteiger charge is 2.26. The third-order valence-corrected chi connectivity index (χ3v) is 5.38. The van der Waals surface area contributed by atoms with E-state index in [-0.39, 0.29) is 12.1 Å². The van der Waals surface area contributed by atoms with Crippen LogP contribution in [0, 0.1) is 0 Å². The Morgan fingerprint density at radius 2 is 1.96 bits per heavy atom. The van der Waals surface area contributed by atoms with E-state index in [1.807, 2.05) is 32.3 Å². The van der Waals surface area contributed by atoms with Crippen LogP contribution in [0.5, 0.6) is 0 Å². The standard InChI is InChI=1S/C20H23Cl2N3O/c1-25(2)12-14-5-3-4-13(10-14)11-23-20(26)24-18-9-7-16-15(18)6-8-17(21)19(16)22/h3-6,8,10,18H,7,9,11-12H2,1-2H3,(H2,23,24,26). The van der Waals surface area contributed by atoms with Gasteiger partial charge in [-0.2, -0.15) is 0 Å². The van der Waals surface area contributed by atoms with Crippen molar-refractivity contribution < 1.29 is 4.79 Å². The van der Waals surface area contributed by atoms with Gasteiger partial charge in [0.05, 0.1) is 16.1 Å². The lowest BCUT2D eigenvalue weighted by Crippen LogP contribution is -2.36. The number of fused-ring (bicyclic) bond motifs is 1. The highest BCUT2D eigenvalue weighted by atomic mass is 35.5. The number of nitrogens with zero attached hydrogens (tertiary/aromatic N) is 1. The first kappa shape index (κ1) is 19.0. The number of urea groups is 1. The molecule has 1 aliphatic rings. The van der Waals surface area contributed by atoms with Gasteiger partial charge in [-0.1, -0.05) is 53.5 Å². The van der Waals surface area contributed by atoms with Crippen molar-refractivity contribution in [3.63, 3.8) is 0 Å². The molecule has 138 valence electrons. The Morgan fingerprint density at radius 1 is 1.19 bits per heavy atom. The fourth-order valence-corrected chi connectivity index (χ4v) is 3.82. The highest BCUT2D eigenvalue weighted by molar-refractivity contribution is 6.42. The average Bonchev–Trinajstić information content (AvgIpc) is 2.99. The van der Waals surface area contributed by atoms with Crippen LogP contribution >= 0.6 is 23.2 Å². The second-order valence-corrected chi connectivity index (χ2v) is 7.69. The summed E-state index contributed by atoms with van der Waals surface area (Å²) in [5.74, 6) is 0. The fraction of sp³-hybridized carbons (Fsp3) is 0.350. The molecular weight excluding hydrogens is 369 g/mol. The van der Waals surface area contributed by atoms with Crippen molar-refractivity contribution in [2.45, 2.75) is 32.0 Å². The predicted molar refractivity (Wildman–Crippen MR) is 107 cm³/mol. The third kappa shape index (κ3) is 4.50. The smallest absolute Gasteiger partial charge is 0.315 e. The van der Waals surface area contributed by atoms with Crippen molar-refractivity contribution in [3.8, 4) is 0 Å². The Kier molecular flexibility index (Phi) is 6.07. The van der Waals surface area contributed by atoms with E-state index in [1.165, 1.54) is 5.56 Å². The van der Waals surface area contributed by atoms with E-state index in [0.29, 0.717) is 16.6 Å². The minimum Gasteiger partial charge on any atom is -0.334 e. The van der Waals surface area contributed by atoms with E-state index in [4.69, 9.17) is 23.2 Å². The van der Waals surface area contributed by atoms with E-state index in [0.717, 1.165) is 36.1 Å². The Balaban J connectivity index is 1.57. The molecular formula is C20H23Cl2N3O. The monoisotopic (exact) mass is 391 g/mol. The number of halogens is 2. The summed E-state index contributed by atoms with van der Waals surface area (Å²) in [5, 5.41) is 7.15. The summed E-state index contributed by atoms with van der Waals surface area (Å²) >= 11 is 12.3. The molecule has 3 rings (SSSR count). The molecule has 1 aliphatic carbocycles. The number of carbonyl (C=O) groups is 1. The number of carbonyl (C=O) groups excluding carboxylic acids is 1. The van der Waals surface area contributed by atoms with Gasteiger partial charge in [0.25, 0.3) is 0 Å². The minimum atomic E-state index is -0.174. The number of hydrogen-bond acceptors (Lipinski definition) is 2. The van der Waals surface area contributed by atoms with Gasteiger partial charge in [0.15, 0.2) is 0 Å². The lowest BCUT2D eigenvalue weighted by Gasteiger charge is -2.16. The van der Waals surface area contributed by atoms with Crippen LogP contribution in [0.15, 0.2) is 36.4 Å². The maximum atomic E-state index is 12.3. The molecule has 0 aliphatic heterocycles. The minimum absolute atomic E-state index is 0.0279. The van der Waals surface area contributed by atoms with Crippen molar-refractivity contribution in [2.24, 2.45) is 0 Å². The molecule has 26 heavy (non-hydrogen) atoms. The molecule has 2 aromatic carbocycles. The van der Waals surface area contributed by atoms with Crippen molar-refractivity contribution >= 4 is 29.2 Å². The number of nitrogens with one attached hydrogen (secondary N) is 2. The zero-order valence-corrected chi connectivity index (χ0v) is 16.5. The number of amides is 2. The molecule has 6 heteroatoms. The topological polar surface area (TPSA) is 44.4 Å². The fourth-order valence-electron chi connectivity index (χ4n) is 3.38. The van der Waals surface area contributed by atoms with Gasteiger partial charge in [0.2, 0.25) is 0 Å². The van der Waals surface area contributed by atoms with Gasteiger partial charge in [0, 0.05) is 13.1 Å². The normalized spacial score (nSPS) is 15.8. The van der Waals surface area contributed by atoms with Crippen LogP contribution in [0.4, 0.5) is 4.79 Å². The van der Waals surface area contributed by atoms with E-state index in [2.05, 4.69) is 27.7 Å². The van der Waals surface area contributed by atoms with E-state index in [1.54, 1.807) is 6.07 Å². The zero-order chi connectivity index (χ0) is 18.7. The molecule has 0 bridgehead atoms. The summed E-state index contributed by atoms with van der Waals surface area (Å²) in [4.78, 5) is 14.4.